The van der Waals surface area contributed by atoms with Gasteiger partial charge >= 0.3 is 0 Å². The summed E-state index contributed by atoms with van der Waals surface area (Å²) in [4.78, 5) is 17.1. The Morgan fingerprint density at radius 3 is 2.84 bits per heavy atom. The van der Waals surface area contributed by atoms with Crippen LogP contribution in [0.4, 0.5) is 5.69 Å². The van der Waals surface area contributed by atoms with Crippen LogP contribution in [-0.2, 0) is 21.2 Å². The van der Waals surface area contributed by atoms with Crippen LogP contribution in [-0.4, -0.2) is 24.5 Å². The van der Waals surface area contributed by atoms with Crippen LogP contribution in [0.3, 0.4) is 0 Å². The normalized spacial score (nSPS) is 11.4. The Hall–Kier alpha value is -2.56. The second-order valence-electron chi connectivity index (χ2n) is 5.11. The lowest BCUT2D eigenvalue weighted by molar-refractivity contribution is -0.116. The van der Waals surface area contributed by atoms with Gasteiger partial charge in [0.1, 0.15) is 0 Å². The molecule has 130 valence electrons. The summed E-state index contributed by atoms with van der Waals surface area (Å²) in [6.45, 7) is 0. The second-order valence-corrected chi connectivity index (χ2v) is 7.62. The van der Waals surface area contributed by atoms with Crippen molar-refractivity contribution in [3.63, 3.8) is 0 Å². The quantitative estimate of drug-likeness (QED) is 0.675. The molecule has 2 heterocycles. The molecule has 3 rings (SSSR count). The Bertz CT molecular complexity index is 981. The molecule has 0 unspecified atom stereocenters. The maximum Gasteiger partial charge on any atom is 0.238 e. The molecule has 1 amide bonds. The number of nitrogens with two attached hydrogens (primary N) is 1. The summed E-state index contributed by atoms with van der Waals surface area (Å²) in [5, 5.41) is 13.5. The number of aromatic nitrogens is 2. The van der Waals surface area contributed by atoms with E-state index in [0.29, 0.717) is 17.4 Å². The number of thiophene rings is 1. The molecule has 0 fully saturated rings. The average Bonchev–Trinajstić information content (AvgIpc) is 3.24. The lowest BCUT2D eigenvalue weighted by atomic mass is 10.2. The van der Waals surface area contributed by atoms with Gasteiger partial charge in [-0.3, -0.25) is 4.79 Å². The standard InChI is InChI=1S/C15H14N4O4S2/c16-25(21,22)11-4-1-3-10(9-11)17-13(20)6-7-14-18-15(19-23-14)12-5-2-8-24-12/h1-5,8-9H,6-7H2,(H,17,20)(H2,16,21,22). The Kier molecular flexibility index (Phi) is 4.93. The average molecular weight is 378 g/mol. The number of hydrogen-bond donors (Lipinski definition) is 2. The molecule has 8 nitrogen and oxygen atoms in total. The highest BCUT2D eigenvalue weighted by Crippen LogP contribution is 2.21. The monoisotopic (exact) mass is 378 g/mol. The van der Waals surface area contributed by atoms with Gasteiger partial charge in [-0.2, -0.15) is 4.98 Å². The van der Waals surface area contributed by atoms with Gasteiger partial charge < -0.3 is 9.84 Å². The third-order valence-electron chi connectivity index (χ3n) is 3.22. The van der Waals surface area contributed by atoms with Crippen LogP contribution in [0.5, 0.6) is 0 Å². The van der Waals surface area contributed by atoms with Crippen molar-refractivity contribution in [2.75, 3.05) is 5.32 Å². The zero-order chi connectivity index (χ0) is 17.9. The lowest BCUT2D eigenvalue weighted by Gasteiger charge is -2.05. The summed E-state index contributed by atoms with van der Waals surface area (Å²) in [6.07, 6.45) is 0.394. The molecule has 0 atom stereocenters. The molecule has 3 aromatic rings. The van der Waals surface area contributed by atoms with Crippen LogP contribution in [0.1, 0.15) is 12.3 Å². The highest BCUT2D eigenvalue weighted by molar-refractivity contribution is 7.89. The van der Waals surface area contributed by atoms with Gasteiger partial charge in [-0.1, -0.05) is 17.3 Å². The van der Waals surface area contributed by atoms with E-state index in [9.17, 15) is 13.2 Å². The van der Waals surface area contributed by atoms with E-state index in [2.05, 4.69) is 15.5 Å². The zero-order valence-corrected chi connectivity index (χ0v) is 14.5. The van der Waals surface area contributed by atoms with Crippen LogP contribution in [0.25, 0.3) is 10.7 Å². The van der Waals surface area contributed by atoms with Crippen molar-refractivity contribution in [1.82, 2.24) is 10.1 Å². The van der Waals surface area contributed by atoms with Gasteiger partial charge in [0.05, 0.1) is 9.77 Å². The molecule has 3 N–H and O–H groups in total. The van der Waals surface area contributed by atoms with Crippen LogP contribution in [0.2, 0.25) is 0 Å². The van der Waals surface area contributed by atoms with Gasteiger partial charge in [-0.05, 0) is 29.6 Å². The molecule has 0 radical (unpaired) electrons. The Morgan fingerprint density at radius 2 is 2.12 bits per heavy atom. The van der Waals surface area contributed by atoms with Crippen LogP contribution in [0.15, 0.2) is 51.2 Å². The smallest absolute Gasteiger partial charge is 0.238 e. The Morgan fingerprint density at radius 1 is 1.28 bits per heavy atom. The van der Waals surface area contributed by atoms with Gasteiger partial charge in [0.25, 0.3) is 0 Å². The molecule has 0 aliphatic carbocycles. The highest BCUT2D eigenvalue weighted by Gasteiger charge is 2.12. The minimum absolute atomic E-state index is 0.0669. The summed E-state index contributed by atoms with van der Waals surface area (Å²) in [5.74, 6) is 0.547. The maximum atomic E-state index is 12.0. The first-order valence-electron chi connectivity index (χ1n) is 7.21. The number of anilines is 1. The second kappa shape index (κ2) is 7.13. The van der Waals surface area contributed by atoms with Gasteiger partial charge in [-0.25, -0.2) is 13.6 Å². The first kappa shape index (κ1) is 17.3. The number of nitrogens with zero attached hydrogens (tertiary/aromatic N) is 2. The minimum atomic E-state index is -3.82. The van der Waals surface area contributed by atoms with Crippen LogP contribution < -0.4 is 10.5 Å². The number of hydrogen-bond acceptors (Lipinski definition) is 7. The van der Waals surface area contributed by atoms with E-state index in [1.165, 1.54) is 29.5 Å². The van der Waals surface area contributed by atoms with Gasteiger partial charge in [0.15, 0.2) is 0 Å². The molecule has 0 bridgehead atoms. The van der Waals surface area contributed by atoms with Crippen molar-refractivity contribution in [3.8, 4) is 10.7 Å². The van der Waals surface area contributed by atoms with E-state index in [0.717, 1.165) is 4.88 Å². The van der Waals surface area contributed by atoms with Gasteiger partial charge in [0, 0.05) is 18.5 Å². The number of carbonyl (C=O) groups excluding carboxylic acids is 1. The highest BCUT2D eigenvalue weighted by atomic mass is 32.2. The molecule has 0 aliphatic heterocycles. The molecule has 0 saturated carbocycles. The number of primary sulfonamides is 1. The summed E-state index contributed by atoms with van der Waals surface area (Å²) in [7, 11) is -3.82. The number of nitrogens with one attached hydrogen (secondary N) is 1. The lowest BCUT2D eigenvalue weighted by Crippen LogP contribution is -2.15. The van der Waals surface area contributed by atoms with E-state index in [4.69, 9.17) is 9.66 Å². The maximum absolute atomic E-state index is 12.0. The number of benzene rings is 1. The Balaban J connectivity index is 1.58. The molecule has 0 aliphatic rings. The summed E-state index contributed by atoms with van der Waals surface area (Å²) in [6, 6.07) is 9.50. The zero-order valence-electron chi connectivity index (χ0n) is 12.9. The number of amides is 1. The fourth-order valence-electron chi connectivity index (χ4n) is 2.06. The van der Waals surface area contributed by atoms with Crippen LogP contribution >= 0.6 is 11.3 Å². The van der Waals surface area contributed by atoms with Crippen molar-refractivity contribution in [3.05, 3.63) is 47.7 Å². The minimum Gasteiger partial charge on any atom is -0.339 e. The van der Waals surface area contributed by atoms with E-state index < -0.39 is 10.0 Å². The van der Waals surface area contributed by atoms with Gasteiger partial charge in [0.2, 0.25) is 27.6 Å². The van der Waals surface area contributed by atoms with Crippen molar-refractivity contribution < 1.29 is 17.7 Å². The molecule has 0 saturated heterocycles. The first-order chi connectivity index (χ1) is 11.9. The van der Waals surface area contributed by atoms with E-state index in [1.807, 2.05) is 17.5 Å². The van der Waals surface area contributed by atoms with E-state index in [-0.39, 0.29) is 23.6 Å². The number of carbonyl (C=O) groups is 1. The number of sulfonamides is 1. The van der Waals surface area contributed by atoms with Crippen molar-refractivity contribution in [1.29, 1.82) is 0 Å². The SMILES string of the molecule is NS(=O)(=O)c1cccc(NC(=O)CCc2nc(-c3cccs3)no2)c1. The molecular weight excluding hydrogens is 364 g/mol. The Labute approximate surface area is 147 Å². The molecule has 25 heavy (non-hydrogen) atoms. The van der Waals surface area contributed by atoms with Crippen molar-refractivity contribution in [2.45, 2.75) is 17.7 Å². The largest absolute Gasteiger partial charge is 0.339 e. The third-order valence-corrected chi connectivity index (χ3v) is 5.00. The van der Waals surface area contributed by atoms with E-state index in [1.54, 1.807) is 6.07 Å². The molecule has 1 aromatic carbocycles. The fourth-order valence-corrected chi connectivity index (χ4v) is 3.27. The number of rotatable bonds is 6. The summed E-state index contributed by atoms with van der Waals surface area (Å²) in [5.41, 5.74) is 0.348. The van der Waals surface area contributed by atoms with Crippen molar-refractivity contribution >= 4 is 33.0 Å². The van der Waals surface area contributed by atoms with Crippen LogP contribution in [0, 0.1) is 0 Å². The summed E-state index contributed by atoms with van der Waals surface area (Å²) >= 11 is 1.50. The van der Waals surface area contributed by atoms with Gasteiger partial charge in [-0.15, -0.1) is 11.3 Å². The fraction of sp³-hybridized carbons (Fsp3) is 0.133. The molecule has 2 aromatic heterocycles. The predicted molar refractivity (Wildman–Crippen MR) is 92.4 cm³/mol. The van der Waals surface area contributed by atoms with Crippen molar-refractivity contribution in [2.24, 2.45) is 5.14 Å². The summed E-state index contributed by atoms with van der Waals surface area (Å²) < 4.78 is 27.8. The number of aryl methyl sites for hydroxylation is 1. The first-order valence-corrected chi connectivity index (χ1v) is 9.63. The topological polar surface area (TPSA) is 128 Å². The molecule has 10 heteroatoms. The molecular formula is C15H14N4O4S2. The predicted octanol–water partition coefficient (Wildman–Crippen LogP) is 2.02. The van der Waals surface area contributed by atoms with E-state index >= 15 is 0 Å². The molecule has 0 spiro atoms. The third kappa shape index (κ3) is 4.50.